The Bertz CT molecular complexity index is 1080. The first-order valence-corrected chi connectivity index (χ1v) is 11.3. The molecule has 4 rings (SSSR count). The van der Waals surface area contributed by atoms with Gasteiger partial charge in [0.05, 0.1) is 15.7 Å². The highest BCUT2D eigenvalue weighted by Crippen LogP contribution is 2.42. The van der Waals surface area contributed by atoms with Gasteiger partial charge in [0.25, 0.3) is 5.91 Å². The van der Waals surface area contributed by atoms with Crippen LogP contribution in [0.5, 0.6) is 0 Å². The van der Waals surface area contributed by atoms with Crippen molar-refractivity contribution in [2.24, 2.45) is 5.92 Å². The van der Waals surface area contributed by atoms with Crippen LogP contribution in [0.2, 0.25) is 10.0 Å². The summed E-state index contributed by atoms with van der Waals surface area (Å²) >= 11 is 13.3. The molecule has 1 N–H and O–H groups in total. The lowest BCUT2D eigenvalue weighted by atomic mass is 9.96. The molecule has 1 aliphatic heterocycles. The fourth-order valence-electron chi connectivity index (χ4n) is 3.61. The molecule has 1 aliphatic carbocycles. The van der Waals surface area contributed by atoms with E-state index in [0.29, 0.717) is 20.9 Å². The van der Waals surface area contributed by atoms with E-state index in [1.54, 1.807) is 36.6 Å². The zero-order chi connectivity index (χ0) is 22.3. The van der Waals surface area contributed by atoms with E-state index in [1.807, 2.05) is 0 Å². The third-order valence-electron chi connectivity index (χ3n) is 5.54. The molecule has 1 saturated carbocycles. The quantitative estimate of drug-likeness (QED) is 0.473. The van der Waals surface area contributed by atoms with Gasteiger partial charge < -0.3 is 5.32 Å². The van der Waals surface area contributed by atoms with Crippen LogP contribution in [0.4, 0.5) is 9.93 Å². The molecule has 0 spiro atoms. The molecule has 10 heteroatoms. The van der Waals surface area contributed by atoms with Crippen molar-refractivity contribution in [1.29, 1.82) is 0 Å². The number of imide groups is 1. The minimum absolute atomic E-state index is 0.126. The summed E-state index contributed by atoms with van der Waals surface area (Å²) in [5.74, 6) is -0.651. The summed E-state index contributed by atoms with van der Waals surface area (Å²) in [6, 6.07) is 4.63. The molecule has 2 fully saturated rings. The van der Waals surface area contributed by atoms with Crippen LogP contribution in [0.25, 0.3) is 11.3 Å². The zero-order valence-electron chi connectivity index (χ0n) is 16.7. The molecule has 1 saturated heterocycles. The highest BCUT2D eigenvalue weighted by Gasteiger charge is 2.56. The number of urea groups is 1. The summed E-state index contributed by atoms with van der Waals surface area (Å²) < 4.78 is 0. The van der Waals surface area contributed by atoms with E-state index in [-0.39, 0.29) is 24.9 Å². The second kappa shape index (κ2) is 8.26. The van der Waals surface area contributed by atoms with Gasteiger partial charge in [-0.05, 0) is 37.8 Å². The molecule has 1 aromatic heterocycles. The number of carbonyl (C=O) groups excluding carboxylic acids is 3. The van der Waals surface area contributed by atoms with Crippen LogP contribution in [-0.2, 0) is 9.59 Å². The van der Waals surface area contributed by atoms with Crippen molar-refractivity contribution in [3.8, 4) is 11.3 Å². The van der Waals surface area contributed by atoms with E-state index in [9.17, 15) is 14.4 Å². The molecular weight excluding hydrogens is 459 g/mol. The number of nitrogens with one attached hydrogen (secondary N) is 1. The average Bonchev–Trinajstić information content (AvgIpc) is 3.45. The predicted molar refractivity (Wildman–Crippen MR) is 121 cm³/mol. The van der Waals surface area contributed by atoms with Crippen LogP contribution in [0.3, 0.4) is 0 Å². The van der Waals surface area contributed by atoms with Gasteiger partial charge in [0, 0.05) is 17.5 Å². The van der Waals surface area contributed by atoms with Crippen molar-refractivity contribution < 1.29 is 14.4 Å². The van der Waals surface area contributed by atoms with Gasteiger partial charge in [-0.25, -0.2) is 9.78 Å². The number of rotatable bonds is 7. The Balaban J connectivity index is 1.54. The van der Waals surface area contributed by atoms with Crippen molar-refractivity contribution in [3.05, 3.63) is 46.3 Å². The first-order chi connectivity index (χ1) is 14.7. The summed E-state index contributed by atoms with van der Waals surface area (Å²) in [5, 5.41) is 5.84. The zero-order valence-corrected chi connectivity index (χ0v) is 19.1. The van der Waals surface area contributed by atoms with E-state index < -0.39 is 17.5 Å². The Morgan fingerprint density at radius 2 is 2.13 bits per heavy atom. The number of benzene rings is 1. The minimum Gasteiger partial charge on any atom is -0.323 e. The number of carbonyl (C=O) groups is 3. The molecule has 1 aromatic carbocycles. The first kappa shape index (κ1) is 21.8. The summed E-state index contributed by atoms with van der Waals surface area (Å²) in [6.07, 6.45) is 3.35. The molecule has 31 heavy (non-hydrogen) atoms. The van der Waals surface area contributed by atoms with E-state index in [4.69, 9.17) is 23.2 Å². The lowest BCUT2D eigenvalue weighted by Crippen LogP contribution is -2.47. The minimum atomic E-state index is -0.928. The molecule has 0 radical (unpaired) electrons. The Hall–Kier alpha value is -2.42. The summed E-state index contributed by atoms with van der Waals surface area (Å²) in [6.45, 7) is 5.26. The second-order valence-corrected chi connectivity index (χ2v) is 9.39. The van der Waals surface area contributed by atoms with Gasteiger partial charge >= 0.3 is 6.03 Å². The van der Waals surface area contributed by atoms with Crippen molar-refractivity contribution in [2.45, 2.75) is 25.3 Å². The van der Waals surface area contributed by atoms with Gasteiger partial charge in [0.1, 0.15) is 12.1 Å². The maximum absolute atomic E-state index is 13.1. The number of nitrogens with zero attached hydrogens (tertiary/aromatic N) is 3. The third kappa shape index (κ3) is 4.07. The van der Waals surface area contributed by atoms with Crippen LogP contribution >= 0.6 is 34.5 Å². The molecular formula is C21H20Cl2N4O3S. The number of thiazole rings is 1. The maximum atomic E-state index is 13.1. The molecule has 7 nitrogen and oxygen atoms in total. The number of hydrogen-bond acceptors (Lipinski definition) is 5. The van der Waals surface area contributed by atoms with Crippen molar-refractivity contribution >= 4 is 57.5 Å². The molecule has 1 unspecified atom stereocenters. The van der Waals surface area contributed by atoms with Gasteiger partial charge in [-0.15, -0.1) is 17.9 Å². The van der Waals surface area contributed by atoms with E-state index in [1.165, 1.54) is 16.2 Å². The largest absolute Gasteiger partial charge is 0.325 e. The lowest BCUT2D eigenvalue weighted by Gasteiger charge is -2.23. The number of amides is 4. The number of aromatic nitrogens is 1. The Morgan fingerprint density at radius 3 is 2.77 bits per heavy atom. The van der Waals surface area contributed by atoms with Gasteiger partial charge in [0.2, 0.25) is 5.91 Å². The predicted octanol–water partition coefficient (Wildman–Crippen LogP) is 4.36. The second-order valence-electron chi connectivity index (χ2n) is 7.74. The first-order valence-electron chi connectivity index (χ1n) is 9.71. The van der Waals surface area contributed by atoms with E-state index in [0.717, 1.165) is 23.3 Å². The van der Waals surface area contributed by atoms with E-state index in [2.05, 4.69) is 16.9 Å². The average molecular weight is 479 g/mol. The molecule has 1 atom stereocenters. The molecule has 2 aliphatic rings. The maximum Gasteiger partial charge on any atom is 0.325 e. The molecule has 162 valence electrons. The standard InChI is InChI=1S/C21H20Cl2N4O3S/c1-3-8-26(20-24-16(11-31-20)12-4-7-14(22)15(23)9-12)17(28)10-27-18(29)21(2,13-5-6-13)25-19(27)30/h3-4,7,9,11,13H,1,5-6,8,10H2,2H3,(H,25,30). The van der Waals surface area contributed by atoms with E-state index >= 15 is 0 Å². The highest BCUT2D eigenvalue weighted by atomic mass is 35.5. The SMILES string of the molecule is C=CCN(C(=O)CN1C(=O)NC(C)(C2CC2)C1=O)c1nc(-c2ccc(Cl)c(Cl)c2)cs1. The Labute approximate surface area is 193 Å². The molecule has 4 amide bonds. The van der Waals surface area contributed by atoms with Crippen molar-refractivity contribution in [2.75, 3.05) is 18.0 Å². The smallest absolute Gasteiger partial charge is 0.323 e. The van der Waals surface area contributed by atoms with Gasteiger partial charge in [-0.2, -0.15) is 0 Å². The number of anilines is 1. The Kier molecular flexibility index (Phi) is 5.81. The van der Waals surface area contributed by atoms with Crippen LogP contribution in [-0.4, -0.2) is 46.4 Å². The van der Waals surface area contributed by atoms with Gasteiger partial charge in [0.15, 0.2) is 5.13 Å². The fourth-order valence-corrected chi connectivity index (χ4v) is 4.77. The van der Waals surface area contributed by atoms with Gasteiger partial charge in [-0.3, -0.25) is 19.4 Å². The summed E-state index contributed by atoms with van der Waals surface area (Å²) in [4.78, 5) is 45.2. The lowest BCUT2D eigenvalue weighted by molar-refractivity contribution is -0.134. The van der Waals surface area contributed by atoms with Crippen LogP contribution in [0.1, 0.15) is 19.8 Å². The third-order valence-corrected chi connectivity index (χ3v) is 7.14. The monoisotopic (exact) mass is 478 g/mol. The van der Waals surface area contributed by atoms with Crippen LogP contribution in [0.15, 0.2) is 36.2 Å². The Morgan fingerprint density at radius 1 is 1.39 bits per heavy atom. The number of hydrogen-bond donors (Lipinski definition) is 1. The topological polar surface area (TPSA) is 82.6 Å². The van der Waals surface area contributed by atoms with Crippen LogP contribution < -0.4 is 10.2 Å². The molecule has 2 heterocycles. The van der Waals surface area contributed by atoms with Crippen molar-refractivity contribution in [1.82, 2.24) is 15.2 Å². The number of halogens is 2. The van der Waals surface area contributed by atoms with Crippen molar-refractivity contribution in [3.63, 3.8) is 0 Å². The summed E-state index contributed by atoms with van der Waals surface area (Å²) in [5.41, 5.74) is 0.469. The fraction of sp³-hybridized carbons (Fsp3) is 0.333. The highest BCUT2D eigenvalue weighted by molar-refractivity contribution is 7.14. The molecule has 0 bridgehead atoms. The van der Waals surface area contributed by atoms with Crippen LogP contribution in [0, 0.1) is 5.92 Å². The normalized spacial score (nSPS) is 20.7. The van der Waals surface area contributed by atoms with Gasteiger partial charge in [-0.1, -0.05) is 35.3 Å². The molecule has 2 aromatic rings. The summed E-state index contributed by atoms with van der Waals surface area (Å²) in [7, 11) is 0.